The highest BCUT2D eigenvalue weighted by Gasteiger charge is 2.73. The van der Waals surface area contributed by atoms with Crippen LogP contribution in [0.5, 0.6) is 0 Å². The maximum atomic E-state index is 14.3. The number of rotatable bonds is 5. The van der Waals surface area contributed by atoms with Gasteiger partial charge >= 0.3 is 18.0 Å². The Kier molecular flexibility index (Phi) is 6.20. The minimum Gasteiger partial charge on any atom is -0.349 e. The molecule has 0 heterocycles. The van der Waals surface area contributed by atoms with Crippen molar-refractivity contribution in [2.45, 2.75) is 50.8 Å². The molecule has 33 heavy (non-hydrogen) atoms. The zero-order valence-corrected chi connectivity index (χ0v) is 17.4. The summed E-state index contributed by atoms with van der Waals surface area (Å²) in [6.45, 7) is 2.75. The molecule has 0 radical (unpaired) electrons. The van der Waals surface area contributed by atoms with Crippen molar-refractivity contribution in [3.63, 3.8) is 0 Å². The molecule has 4 nitrogen and oxygen atoms in total. The second-order valence-electron chi connectivity index (χ2n) is 7.88. The number of aryl methyl sites for hydroxylation is 2. The molecule has 2 amide bonds. The molecule has 2 aromatic rings. The quantitative estimate of drug-likeness (QED) is 0.541. The van der Waals surface area contributed by atoms with Gasteiger partial charge in [-0.1, -0.05) is 24.3 Å². The van der Waals surface area contributed by atoms with Crippen molar-refractivity contribution in [3.8, 4) is 0 Å². The molecule has 0 bridgehead atoms. The third kappa shape index (κ3) is 4.67. The average molecular weight is 476 g/mol. The predicted octanol–water partition coefficient (Wildman–Crippen LogP) is 5.74. The van der Waals surface area contributed by atoms with Crippen LogP contribution < -0.4 is 10.6 Å². The molecule has 3 rings (SSSR count). The number of nitrogens with one attached hydrogen (secondary N) is 2. The van der Waals surface area contributed by atoms with Crippen LogP contribution in [0.1, 0.15) is 50.2 Å². The Bertz CT molecular complexity index is 1080. The number of carbonyl (C=O) groups excluding carboxylic acids is 2. The lowest BCUT2D eigenvalue weighted by molar-refractivity contribution is -0.348. The molecule has 1 aliphatic rings. The van der Waals surface area contributed by atoms with Gasteiger partial charge in [-0.15, -0.1) is 0 Å². The van der Waals surface area contributed by atoms with Crippen LogP contribution in [0.25, 0.3) is 0 Å². The van der Waals surface area contributed by atoms with E-state index in [0.717, 1.165) is 25.8 Å². The van der Waals surface area contributed by atoms with E-state index in [9.17, 15) is 40.3 Å². The van der Waals surface area contributed by atoms with Gasteiger partial charge in [0.2, 0.25) is 0 Å². The summed E-state index contributed by atoms with van der Waals surface area (Å²) in [6, 6.07) is 5.99. The summed E-state index contributed by atoms with van der Waals surface area (Å²) in [5, 5.41) is 5.13. The minimum atomic E-state index is -6.24. The zero-order chi connectivity index (χ0) is 24.8. The number of amides is 2. The lowest BCUT2D eigenvalue weighted by Gasteiger charge is -2.30. The van der Waals surface area contributed by atoms with Crippen molar-refractivity contribution in [2.75, 3.05) is 5.32 Å². The lowest BCUT2D eigenvalue weighted by Crippen LogP contribution is -2.50. The first-order chi connectivity index (χ1) is 15.2. The highest BCUT2D eigenvalue weighted by atomic mass is 19.4. The summed E-state index contributed by atoms with van der Waals surface area (Å²) in [4.78, 5) is 25.4. The number of hydrogen-bond donors (Lipinski definition) is 2. The fourth-order valence-corrected chi connectivity index (χ4v) is 3.34. The highest BCUT2D eigenvalue weighted by molar-refractivity contribution is 6.13. The first-order valence-corrected chi connectivity index (χ1v) is 9.82. The van der Waals surface area contributed by atoms with E-state index in [2.05, 4.69) is 10.6 Å². The number of alkyl halides is 7. The van der Waals surface area contributed by atoms with Gasteiger partial charge in [0.05, 0.1) is 11.1 Å². The van der Waals surface area contributed by atoms with Crippen LogP contribution in [0, 0.1) is 13.8 Å². The Morgan fingerprint density at radius 2 is 1.45 bits per heavy atom. The highest BCUT2D eigenvalue weighted by Crippen LogP contribution is 2.53. The summed E-state index contributed by atoms with van der Waals surface area (Å²) < 4.78 is 92.3. The summed E-state index contributed by atoms with van der Waals surface area (Å²) in [7, 11) is 0. The largest absolute Gasteiger partial charge is 0.435 e. The Morgan fingerprint density at radius 3 is 1.97 bits per heavy atom. The molecule has 178 valence electrons. The number of anilines is 1. The molecular formula is C22H19F7N2O2. The third-order valence-electron chi connectivity index (χ3n) is 5.31. The molecule has 1 saturated carbocycles. The van der Waals surface area contributed by atoms with Crippen LogP contribution in [0.15, 0.2) is 36.4 Å². The molecule has 0 spiro atoms. The van der Waals surface area contributed by atoms with E-state index in [1.54, 1.807) is 13.0 Å². The standard InChI is InChI=1S/C22H19F7N2O2/c1-11-4-3-5-15(17(11)19(33)30-14-7-8-14)18(32)31-16-9-6-13(10-12(16)2)20(23,21(24,25)26)22(27,28)29/h3-6,9-10,14H,7-8H2,1-2H3,(H,30,33)(H,31,32). The molecule has 11 heteroatoms. The summed E-state index contributed by atoms with van der Waals surface area (Å²) in [5.74, 6) is -1.26. The smallest absolute Gasteiger partial charge is 0.349 e. The van der Waals surface area contributed by atoms with Gasteiger partial charge in [0.25, 0.3) is 11.8 Å². The lowest BCUT2D eigenvalue weighted by atomic mass is 9.92. The summed E-state index contributed by atoms with van der Waals surface area (Å²) in [6.07, 6.45) is -10.9. The summed E-state index contributed by atoms with van der Waals surface area (Å²) >= 11 is 0. The van der Waals surface area contributed by atoms with E-state index in [0.29, 0.717) is 17.7 Å². The van der Waals surface area contributed by atoms with E-state index in [1.807, 2.05) is 0 Å². The van der Waals surface area contributed by atoms with Crippen LogP contribution in [-0.4, -0.2) is 30.2 Å². The summed E-state index contributed by atoms with van der Waals surface area (Å²) in [5.41, 5.74) is -7.00. The van der Waals surface area contributed by atoms with Crippen molar-refractivity contribution in [1.29, 1.82) is 0 Å². The topological polar surface area (TPSA) is 58.2 Å². The SMILES string of the molecule is Cc1cc(C(F)(C(F)(F)F)C(F)(F)F)ccc1NC(=O)c1cccc(C)c1C(=O)NC1CC1. The predicted molar refractivity (Wildman–Crippen MR) is 106 cm³/mol. The van der Waals surface area contributed by atoms with Crippen LogP contribution >= 0.6 is 0 Å². The van der Waals surface area contributed by atoms with Gasteiger partial charge in [-0.25, -0.2) is 4.39 Å². The molecule has 1 aliphatic carbocycles. The van der Waals surface area contributed by atoms with Crippen LogP contribution in [0.2, 0.25) is 0 Å². The molecular weight excluding hydrogens is 457 g/mol. The van der Waals surface area contributed by atoms with Crippen molar-refractivity contribution < 1.29 is 40.3 Å². The van der Waals surface area contributed by atoms with E-state index in [-0.39, 0.29) is 28.4 Å². The monoisotopic (exact) mass is 476 g/mol. The van der Waals surface area contributed by atoms with Gasteiger partial charge < -0.3 is 10.6 Å². The van der Waals surface area contributed by atoms with Crippen LogP contribution in [-0.2, 0) is 5.67 Å². The van der Waals surface area contributed by atoms with Gasteiger partial charge in [-0.3, -0.25) is 9.59 Å². The van der Waals surface area contributed by atoms with Gasteiger partial charge in [-0.2, -0.15) is 26.3 Å². The van der Waals surface area contributed by atoms with E-state index in [4.69, 9.17) is 0 Å². The normalized spacial score (nSPS) is 14.7. The minimum absolute atomic E-state index is 0.0195. The van der Waals surface area contributed by atoms with Gasteiger partial charge in [0, 0.05) is 17.3 Å². The molecule has 1 fully saturated rings. The van der Waals surface area contributed by atoms with Crippen LogP contribution in [0.3, 0.4) is 0 Å². The Labute approximate surface area is 184 Å². The maximum Gasteiger partial charge on any atom is 0.435 e. The molecule has 0 saturated heterocycles. The number of carbonyl (C=O) groups is 2. The Balaban J connectivity index is 1.92. The molecule has 0 aliphatic heterocycles. The van der Waals surface area contributed by atoms with E-state index < -0.39 is 35.4 Å². The van der Waals surface area contributed by atoms with Gasteiger partial charge in [-0.05, 0) is 49.9 Å². The van der Waals surface area contributed by atoms with E-state index >= 15 is 0 Å². The fourth-order valence-electron chi connectivity index (χ4n) is 3.34. The third-order valence-corrected chi connectivity index (χ3v) is 5.31. The molecule has 0 aromatic heterocycles. The van der Waals surface area contributed by atoms with Crippen molar-refractivity contribution >= 4 is 17.5 Å². The second-order valence-corrected chi connectivity index (χ2v) is 7.88. The first-order valence-electron chi connectivity index (χ1n) is 9.82. The van der Waals surface area contributed by atoms with Crippen molar-refractivity contribution in [2.24, 2.45) is 0 Å². The molecule has 2 N–H and O–H groups in total. The van der Waals surface area contributed by atoms with Crippen molar-refractivity contribution in [3.05, 3.63) is 64.2 Å². The molecule has 0 atom stereocenters. The average Bonchev–Trinajstić information content (AvgIpc) is 3.50. The Morgan fingerprint density at radius 1 is 0.848 bits per heavy atom. The van der Waals surface area contributed by atoms with Gasteiger partial charge in [0.15, 0.2) is 0 Å². The van der Waals surface area contributed by atoms with Gasteiger partial charge in [0.1, 0.15) is 0 Å². The Hall–Kier alpha value is -3.11. The second kappa shape index (κ2) is 8.35. The number of halogens is 7. The molecule has 2 aromatic carbocycles. The first kappa shape index (κ1) is 24.5. The zero-order valence-electron chi connectivity index (χ0n) is 17.4. The van der Waals surface area contributed by atoms with Crippen molar-refractivity contribution in [1.82, 2.24) is 5.32 Å². The van der Waals surface area contributed by atoms with Crippen LogP contribution in [0.4, 0.5) is 36.4 Å². The molecule has 0 unspecified atom stereocenters. The number of benzene rings is 2. The fraction of sp³-hybridized carbons (Fsp3) is 0.364. The number of hydrogen-bond acceptors (Lipinski definition) is 2. The van der Waals surface area contributed by atoms with E-state index in [1.165, 1.54) is 12.1 Å². The maximum absolute atomic E-state index is 14.3.